The number of nitrogens with one attached hydrogen (secondary N) is 1. The standard InChI is InChI=1S/C23H35N3O2S.2ClH/c1-2-19(14-18-6-4-3-5-7-18)21-15-22(21)25-20-16-23(17-20)8-10-26(11-9-23)12-13-29(24,27)28;;/h3-7,14,20-22,25H,2,8-13,15-17H2,1H3,(H2,24,27,28);2*1H/b19-14+;;/t21-,22+;;/m0../s1. The first-order chi connectivity index (χ1) is 13.9. The van der Waals surface area contributed by atoms with Crippen LogP contribution in [0.5, 0.6) is 0 Å². The number of likely N-dealkylation sites (tertiary alicyclic amines) is 1. The summed E-state index contributed by atoms with van der Waals surface area (Å²) in [5.41, 5.74) is 3.38. The van der Waals surface area contributed by atoms with Gasteiger partial charge in [0.25, 0.3) is 0 Å². The molecular weight excluding hydrogens is 453 g/mol. The molecule has 176 valence electrons. The molecule has 1 heterocycles. The molecule has 2 saturated carbocycles. The van der Waals surface area contributed by atoms with Crippen LogP contribution in [0.2, 0.25) is 0 Å². The summed E-state index contributed by atoms with van der Waals surface area (Å²) in [5.74, 6) is 0.778. The zero-order valence-electron chi connectivity index (χ0n) is 18.3. The Hall–Kier alpha value is -0.630. The number of primary sulfonamides is 1. The Morgan fingerprint density at radius 2 is 1.84 bits per heavy atom. The summed E-state index contributed by atoms with van der Waals surface area (Å²) in [4.78, 5) is 2.26. The van der Waals surface area contributed by atoms with Gasteiger partial charge in [0.2, 0.25) is 10.0 Å². The third kappa shape index (κ3) is 7.18. The number of rotatable bonds is 8. The maximum absolute atomic E-state index is 11.2. The predicted molar refractivity (Wildman–Crippen MR) is 133 cm³/mol. The summed E-state index contributed by atoms with van der Waals surface area (Å²) in [6, 6.07) is 12.0. The van der Waals surface area contributed by atoms with Crippen LogP contribution in [0.4, 0.5) is 0 Å². The van der Waals surface area contributed by atoms with Crippen LogP contribution in [-0.4, -0.2) is 50.8 Å². The number of nitrogens with zero attached hydrogens (tertiary/aromatic N) is 1. The van der Waals surface area contributed by atoms with Crippen LogP contribution in [0, 0.1) is 11.3 Å². The minimum Gasteiger partial charge on any atom is -0.311 e. The molecule has 0 bridgehead atoms. The SMILES string of the molecule is CC/C(=C\c1ccccc1)[C@@H]1C[C@H]1NC1CC2(CCN(CCS(N)(=O)=O)CC2)C1.Cl.Cl. The van der Waals surface area contributed by atoms with E-state index in [1.165, 1.54) is 37.7 Å². The molecule has 2 aliphatic carbocycles. The van der Waals surface area contributed by atoms with Gasteiger partial charge >= 0.3 is 0 Å². The molecule has 1 aliphatic heterocycles. The third-order valence-corrected chi connectivity index (χ3v) is 8.00. The Morgan fingerprint density at radius 1 is 1.19 bits per heavy atom. The van der Waals surface area contributed by atoms with Crippen molar-refractivity contribution in [2.24, 2.45) is 16.5 Å². The summed E-state index contributed by atoms with van der Waals surface area (Å²) in [7, 11) is -3.35. The number of benzene rings is 1. The van der Waals surface area contributed by atoms with Gasteiger partial charge < -0.3 is 10.2 Å². The van der Waals surface area contributed by atoms with Crippen molar-refractivity contribution < 1.29 is 8.42 Å². The molecule has 1 saturated heterocycles. The topological polar surface area (TPSA) is 75.4 Å². The molecule has 1 aromatic rings. The van der Waals surface area contributed by atoms with Crippen LogP contribution >= 0.6 is 24.8 Å². The van der Waals surface area contributed by atoms with Crippen molar-refractivity contribution >= 4 is 40.9 Å². The van der Waals surface area contributed by atoms with Gasteiger partial charge in [-0.1, -0.05) is 48.9 Å². The van der Waals surface area contributed by atoms with E-state index >= 15 is 0 Å². The Kier molecular flexibility index (Phi) is 9.44. The van der Waals surface area contributed by atoms with E-state index < -0.39 is 10.0 Å². The zero-order chi connectivity index (χ0) is 20.5. The summed E-state index contributed by atoms with van der Waals surface area (Å²) in [6.07, 6.45) is 9.73. The molecule has 0 aromatic heterocycles. The number of hydrogen-bond donors (Lipinski definition) is 2. The van der Waals surface area contributed by atoms with Gasteiger partial charge in [-0.15, -0.1) is 24.8 Å². The van der Waals surface area contributed by atoms with Crippen molar-refractivity contribution in [3.05, 3.63) is 41.5 Å². The van der Waals surface area contributed by atoms with Crippen molar-refractivity contribution in [3.8, 4) is 0 Å². The molecule has 31 heavy (non-hydrogen) atoms. The minimum absolute atomic E-state index is 0. The quantitative estimate of drug-likeness (QED) is 0.581. The molecule has 0 unspecified atom stereocenters. The Labute approximate surface area is 200 Å². The van der Waals surface area contributed by atoms with E-state index in [0.29, 0.717) is 30.0 Å². The number of nitrogens with two attached hydrogens (primary N) is 1. The first-order valence-electron chi connectivity index (χ1n) is 11.1. The second-order valence-electron chi connectivity index (χ2n) is 9.41. The van der Waals surface area contributed by atoms with Crippen molar-refractivity contribution in [2.75, 3.05) is 25.4 Å². The third-order valence-electron chi connectivity index (χ3n) is 7.24. The first kappa shape index (κ1) is 26.6. The number of halogens is 2. The average molecular weight is 491 g/mol. The van der Waals surface area contributed by atoms with E-state index in [2.05, 4.69) is 53.5 Å². The van der Waals surface area contributed by atoms with E-state index in [-0.39, 0.29) is 30.6 Å². The normalized spacial score (nSPS) is 25.9. The summed E-state index contributed by atoms with van der Waals surface area (Å²) in [6.45, 7) is 4.86. The molecule has 5 nitrogen and oxygen atoms in total. The molecule has 0 radical (unpaired) electrons. The fourth-order valence-corrected chi connectivity index (χ4v) is 5.86. The highest BCUT2D eigenvalue weighted by molar-refractivity contribution is 7.89. The lowest BCUT2D eigenvalue weighted by molar-refractivity contribution is 0.00705. The molecule has 3 N–H and O–H groups in total. The second kappa shape index (κ2) is 11.0. The minimum atomic E-state index is -3.35. The predicted octanol–water partition coefficient (Wildman–Crippen LogP) is 3.83. The highest BCUT2D eigenvalue weighted by Gasteiger charge is 2.49. The smallest absolute Gasteiger partial charge is 0.210 e. The van der Waals surface area contributed by atoms with Crippen LogP contribution in [0.15, 0.2) is 35.9 Å². The molecule has 4 rings (SSSR count). The molecule has 1 aromatic carbocycles. The summed E-state index contributed by atoms with van der Waals surface area (Å²) >= 11 is 0. The van der Waals surface area contributed by atoms with E-state index in [1.807, 2.05) is 0 Å². The van der Waals surface area contributed by atoms with Gasteiger partial charge in [-0.25, -0.2) is 13.6 Å². The van der Waals surface area contributed by atoms with Crippen LogP contribution in [-0.2, 0) is 10.0 Å². The monoisotopic (exact) mass is 489 g/mol. The maximum Gasteiger partial charge on any atom is 0.210 e. The van der Waals surface area contributed by atoms with Gasteiger partial charge in [-0.05, 0) is 68.5 Å². The van der Waals surface area contributed by atoms with Gasteiger partial charge in [0.1, 0.15) is 0 Å². The van der Waals surface area contributed by atoms with Gasteiger partial charge in [0.05, 0.1) is 5.75 Å². The highest BCUT2D eigenvalue weighted by atomic mass is 35.5. The van der Waals surface area contributed by atoms with Crippen molar-refractivity contribution in [1.29, 1.82) is 0 Å². The molecule has 0 amide bonds. The molecule has 3 aliphatic rings. The average Bonchev–Trinajstić information content (AvgIpc) is 3.43. The fourth-order valence-electron chi connectivity index (χ4n) is 5.35. The first-order valence-corrected chi connectivity index (χ1v) is 12.8. The van der Waals surface area contributed by atoms with E-state index in [1.54, 1.807) is 5.57 Å². The van der Waals surface area contributed by atoms with Gasteiger partial charge in [0, 0.05) is 18.6 Å². The fraction of sp³-hybridized carbons (Fsp3) is 0.652. The molecule has 1 spiro atoms. The lowest BCUT2D eigenvalue weighted by atomic mass is 9.60. The van der Waals surface area contributed by atoms with Crippen molar-refractivity contribution in [3.63, 3.8) is 0 Å². The maximum atomic E-state index is 11.2. The zero-order valence-corrected chi connectivity index (χ0v) is 20.8. The van der Waals surface area contributed by atoms with Crippen molar-refractivity contribution in [2.45, 2.75) is 57.5 Å². The van der Waals surface area contributed by atoms with Crippen LogP contribution in [0.1, 0.15) is 51.0 Å². The molecule has 2 atom stereocenters. The van der Waals surface area contributed by atoms with Crippen LogP contribution in [0.25, 0.3) is 6.08 Å². The lowest BCUT2D eigenvalue weighted by Gasteiger charge is -2.52. The number of sulfonamides is 1. The second-order valence-corrected chi connectivity index (χ2v) is 11.1. The van der Waals surface area contributed by atoms with Crippen molar-refractivity contribution in [1.82, 2.24) is 10.2 Å². The Morgan fingerprint density at radius 3 is 2.42 bits per heavy atom. The summed E-state index contributed by atoms with van der Waals surface area (Å²) in [5, 5.41) is 9.05. The Bertz CT molecular complexity index is 832. The lowest BCUT2D eigenvalue weighted by Crippen LogP contribution is -2.54. The number of hydrogen-bond acceptors (Lipinski definition) is 4. The number of piperidine rings is 1. The summed E-state index contributed by atoms with van der Waals surface area (Å²) < 4.78 is 22.3. The molecule has 8 heteroatoms. The largest absolute Gasteiger partial charge is 0.311 e. The van der Waals surface area contributed by atoms with Gasteiger partial charge in [-0.3, -0.25) is 0 Å². The highest BCUT2D eigenvalue weighted by Crippen LogP contribution is 2.50. The molecule has 3 fully saturated rings. The van der Waals surface area contributed by atoms with E-state index in [9.17, 15) is 8.42 Å². The van der Waals surface area contributed by atoms with Gasteiger partial charge in [-0.2, -0.15) is 0 Å². The van der Waals surface area contributed by atoms with Crippen LogP contribution in [0.3, 0.4) is 0 Å². The molecular formula is C23H37Cl2N3O2S. The van der Waals surface area contributed by atoms with Crippen LogP contribution < -0.4 is 10.5 Å². The van der Waals surface area contributed by atoms with E-state index in [4.69, 9.17) is 5.14 Å². The van der Waals surface area contributed by atoms with E-state index in [0.717, 1.165) is 19.5 Å². The Balaban J connectivity index is 0.00000171. The van der Waals surface area contributed by atoms with Gasteiger partial charge in [0.15, 0.2) is 0 Å².